The number of rotatable bonds is 44. The monoisotopic (exact) mass is 786 g/mol. The normalized spacial score (nSPS) is 13.2. The van der Waals surface area contributed by atoms with Crippen molar-refractivity contribution in [3.63, 3.8) is 0 Å². The Labute approximate surface area is 335 Å². The maximum atomic E-state index is 12.6. The van der Waals surface area contributed by atoms with Gasteiger partial charge < -0.3 is 20.2 Å². The van der Waals surface area contributed by atoms with Gasteiger partial charge >= 0.3 is 7.82 Å². The molecule has 0 saturated carbocycles. The van der Waals surface area contributed by atoms with E-state index in [2.05, 4.69) is 23.7 Å². The van der Waals surface area contributed by atoms with Gasteiger partial charge in [0, 0.05) is 6.42 Å². The van der Waals surface area contributed by atoms with Crippen LogP contribution in [0.3, 0.4) is 0 Å². The molecule has 0 saturated heterocycles. The summed E-state index contributed by atoms with van der Waals surface area (Å²) in [5.74, 6) is -0.220. The van der Waals surface area contributed by atoms with Crippen molar-refractivity contribution in [2.24, 2.45) is 0 Å². The zero-order valence-electron chi connectivity index (χ0n) is 35.9. The van der Waals surface area contributed by atoms with E-state index in [4.69, 9.17) is 0 Å². The van der Waals surface area contributed by atoms with E-state index in [0.717, 1.165) is 38.5 Å². The molecule has 0 aromatic rings. The molecule has 0 bridgehead atoms. The summed E-state index contributed by atoms with van der Waals surface area (Å²) < 4.78 is 16.0. The summed E-state index contributed by atoms with van der Waals surface area (Å²) in [6.45, 7) is 4.10. The average Bonchev–Trinajstić information content (AvgIpc) is 3.14. The Kier molecular flexibility index (Phi) is 41.3. The van der Waals surface area contributed by atoms with Gasteiger partial charge in [-0.05, 0) is 19.3 Å². The Bertz CT molecular complexity index is 849. The van der Waals surface area contributed by atoms with Crippen molar-refractivity contribution in [1.29, 1.82) is 0 Å². The van der Waals surface area contributed by atoms with Crippen LogP contribution in [-0.2, 0) is 13.9 Å². The molecule has 0 aliphatic rings. The molecule has 54 heavy (non-hydrogen) atoms. The van der Waals surface area contributed by atoms with Crippen LogP contribution in [0.25, 0.3) is 0 Å². The van der Waals surface area contributed by atoms with E-state index in [0.29, 0.717) is 6.42 Å². The van der Waals surface area contributed by atoms with Crippen LogP contribution in [0.4, 0.5) is 0 Å². The summed E-state index contributed by atoms with van der Waals surface area (Å²) in [5.41, 5.74) is 0. The first-order valence-corrected chi connectivity index (χ1v) is 25.2. The highest BCUT2D eigenvalue weighted by molar-refractivity contribution is 7.46. The number of amides is 1. The first-order valence-electron chi connectivity index (χ1n) is 23.6. The number of aliphatic hydroxyl groups is 1. The summed E-state index contributed by atoms with van der Waals surface area (Å²) in [4.78, 5) is 31.0. The topological polar surface area (TPSA) is 116 Å². The Morgan fingerprint density at radius 1 is 0.519 bits per heavy atom. The lowest BCUT2D eigenvalue weighted by Gasteiger charge is -2.22. The van der Waals surface area contributed by atoms with Gasteiger partial charge in [-0.3, -0.25) is 9.32 Å². The van der Waals surface area contributed by atoms with Crippen LogP contribution < -0.4 is 5.32 Å². The molecular weight excluding hydrogens is 693 g/mol. The molecule has 0 heterocycles. The first kappa shape index (κ1) is 53.3. The SMILES string of the molecule is CCCCCCCCCCCCCCCC/C=C/[C@@H](O)[C@H](COP(=O)(O)O)NC(=O)CCCCCCCCCCCCCCCCCCCCCCCC. The molecule has 8 heteroatoms. The number of hydrogen-bond acceptors (Lipinski definition) is 4. The largest absolute Gasteiger partial charge is 0.469 e. The number of carbonyl (C=O) groups is 1. The highest BCUT2D eigenvalue weighted by atomic mass is 31.2. The van der Waals surface area contributed by atoms with E-state index in [1.165, 1.54) is 199 Å². The van der Waals surface area contributed by atoms with Gasteiger partial charge in [0.05, 0.1) is 18.8 Å². The van der Waals surface area contributed by atoms with Crippen LogP contribution in [0.15, 0.2) is 12.2 Å². The Morgan fingerprint density at radius 2 is 0.815 bits per heavy atom. The van der Waals surface area contributed by atoms with Crippen molar-refractivity contribution in [1.82, 2.24) is 5.32 Å². The second-order valence-electron chi connectivity index (χ2n) is 16.4. The number of nitrogens with one attached hydrogen (secondary N) is 1. The minimum absolute atomic E-state index is 0.220. The molecule has 7 nitrogen and oxygen atoms in total. The van der Waals surface area contributed by atoms with E-state index in [9.17, 15) is 24.3 Å². The first-order chi connectivity index (χ1) is 26.3. The summed E-state index contributed by atoms with van der Waals surface area (Å²) in [6.07, 6.45) is 51.0. The van der Waals surface area contributed by atoms with Crippen molar-refractivity contribution < 1.29 is 28.8 Å². The third kappa shape index (κ3) is 42.4. The van der Waals surface area contributed by atoms with Gasteiger partial charge in [0.25, 0.3) is 0 Å². The predicted octanol–water partition coefficient (Wildman–Crippen LogP) is 14.4. The molecule has 0 radical (unpaired) electrons. The fraction of sp³-hybridized carbons (Fsp3) is 0.935. The van der Waals surface area contributed by atoms with Crippen molar-refractivity contribution in [3.8, 4) is 0 Å². The minimum Gasteiger partial charge on any atom is -0.387 e. The minimum atomic E-state index is -4.71. The van der Waals surface area contributed by atoms with Crippen molar-refractivity contribution >= 4 is 13.7 Å². The van der Waals surface area contributed by atoms with E-state index < -0.39 is 26.6 Å². The lowest BCUT2D eigenvalue weighted by molar-refractivity contribution is -0.123. The quantitative estimate of drug-likeness (QED) is 0.0278. The zero-order chi connectivity index (χ0) is 39.6. The second kappa shape index (κ2) is 41.9. The standard InChI is InChI=1S/C46H92NO6P/c1-3-5-7-9-11-13-15-17-19-21-22-23-24-25-26-28-30-32-34-36-38-40-42-46(49)47-44(43-53-54(50,51)52)45(48)41-39-37-35-33-31-29-27-20-18-16-14-12-10-8-6-4-2/h39,41,44-45,48H,3-38,40,42-43H2,1-2H3,(H,47,49)(H2,50,51,52)/b41-39+/t44-,45+/m0/s1. The van der Waals surface area contributed by atoms with E-state index >= 15 is 0 Å². The molecule has 0 unspecified atom stereocenters. The van der Waals surface area contributed by atoms with Gasteiger partial charge in [-0.15, -0.1) is 0 Å². The highest BCUT2D eigenvalue weighted by Crippen LogP contribution is 2.36. The molecule has 0 aliphatic heterocycles. The van der Waals surface area contributed by atoms with Crippen LogP contribution in [0.5, 0.6) is 0 Å². The predicted molar refractivity (Wildman–Crippen MR) is 232 cm³/mol. The fourth-order valence-corrected chi connectivity index (χ4v) is 7.76. The molecule has 0 aromatic heterocycles. The maximum Gasteiger partial charge on any atom is 0.469 e. The van der Waals surface area contributed by atoms with Gasteiger partial charge in [-0.25, -0.2) is 4.57 Å². The number of hydrogen-bond donors (Lipinski definition) is 4. The van der Waals surface area contributed by atoms with Crippen LogP contribution in [0, 0.1) is 0 Å². The lowest BCUT2D eigenvalue weighted by atomic mass is 10.0. The molecule has 2 atom stereocenters. The molecule has 0 rings (SSSR count). The van der Waals surface area contributed by atoms with Gasteiger partial charge in [0.1, 0.15) is 0 Å². The molecule has 322 valence electrons. The van der Waals surface area contributed by atoms with Crippen LogP contribution >= 0.6 is 7.82 Å². The zero-order valence-corrected chi connectivity index (χ0v) is 36.8. The molecule has 0 aliphatic carbocycles. The fourth-order valence-electron chi connectivity index (χ4n) is 7.40. The number of unbranched alkanes of at least 4 members (excludes halogenated alkanes) is 35. The van der Waals surface area contributed by atoms with Crippen molar-refractivity contribution in [2.75, 3.05) is 6.61 Å². The van der Waals surface area contributed by atoms with E-state index in [1.54, 1.807) is 6.08 Å². The van der Waals surface area contributed by atoms with E-state index in [1.807, 2.05) is 6.08 Å². The summed E-state index contributed by atoms with van der Waals surface area (Å²) in [5, 5.41) is 13.4. The summed E-state index contributed by atoms with van der Waals surface area (Å²) in [6, 6.07) is -0.905. The molecule has 0 spiro atoms. The van der Waals surface area contributed by atoms with Crippen LogP contribution in [-0.4, -0.2) is 39.6 Å². The highest BCUT2D eigenvalue weighted by Gasteiger charge is 2.24. The van der Waals surface area contributed by atoms with Gasteiger partial charge in [-0.2, -0.15) is 0 Å². The molecule has 0 fully saturated rings. The smallest absolute Gasteiger partial charge is 0.387 e. The molecule has 4 N–H and O–H groups in total. The number of allylic oxidation sites excluding steroid dienone is 1. The van der Waals surface area contributed by atoms with Gasteiger partial charge in [0.2, 0.25) is 5.91 Å². The number of phosphoric ester groups is 1. The van der Waals surface area contributed by atoms with Gasteiger partial charge in [0.15, 0.2) is 0 Å². The van der Waals surface area contributed by atoms with Crippen LogP contribution in [0.2, 0.25) is 0 Å². The summed E-state index contributed by atoms with van der Waals surface area (Å²) in [7, 11) is -4.71. The second-order valence-corrected chi connectivity index (χ2v) is 17.7. The Balaban J connectivity index is 3.84. The number of carbonyl (C=O) groups excluding carboxylic acids is 1. The molecule has 1 amide bonds. The maximum absolute atomic E-state index is 12.6. The van der Waals surface area contributed by atoms with E-state index in [-0.39, 0.29) is 5.91 Å². The van der Waals surface area contributed by atoms with Crippen molar-refractivity contribution in [2.45, 2.75) is 270 Å². The third-order valence-corrected chi connectivity index (χ3v) is 11.5. The Morgan fingerprint density at radius 3 is 1.13 bits per heavy atom. The van der Waals surface area contributed by atoms with Crippen LogP contribution in [0.1, 0.15) is 258 Å². The number of aliphatic hydroxyl groups excluding tert-OH is 1. The third-order valence-electron chi connectivity index (χ3n) is 11.0. The van der Waals surface area contributed by atoms with Crippen molar-refractivity contribution in [3.05, 3.63) is 12.2 Å². The lowest BCUT2D eigenvalue weighted by Crippen LogP contribution is -2.45. The Hall–Kier alpha value is -0.720. The average molecular weight is 786 g/mol. The number of phosphoric acid groups is 1. The summed E-state index contributed by atoms with van der Waals surface area (Å²) >= 11 is 0. The van der Waals surface area contributed by atoms with Gasteiger partial charge in [-0.1, -0.05) is 244 Å². The molecule has 0 aromatic carbocycles. The molecular formula is C46H92NO6P.